The maximum Gasteiger partial charge on any atom is 0.0857 e. The molecule has 0 aromatic carbocycles. The smallest absolute Gasteiger partial charge is 0.0857 e. The predicted octanol–water partition coefficient (Wildman–Crippen LogP) is 2.26. The summed E-state index contributed by atoms with van der Waals surface area (Å²) in [6.07, 6.45) is 5.25. The van der Waals surface area contributed by atoms with Gasteiger partial charge in [-0.3, -0.25) is 4.98 Å². The van der Waals surface area contributed by atoms with E-state index in [1.54, 1.807) is 12.3 Å². The van der Waals surface area contributed by atoms with Crippen LogP contribution >= 0.6 is 24.2 Å². The van der Waals surface area contributed by atoms with Gasteiger partial charge in [0.2, 0.25) is 0 Å². The van der Waals surface area contributed by atoms with Crippen molar-refractivity contribution in [2.75, 3.05) is 11.5 Å². The van der Waals surface area contributed by atoms with E-state index >= 15 is 0 Å². The Balaban J connectivity index is 2.94. The highest BCUT2D eigenvalue weighted by molar-refractivity contribution is 7.80. The predicted molar refractivity (Wildman–Crippen MR) is 56.5 cm³/mol. The van der Waals surface area contributed by atoms with Crippen molar-refractivity contribution in [1.82, 2.24) is 4.98 Å². The van der Waals surface area contributed by atoms with E-state index in [0.29, 0.717) is 16.5 Å². The standard InChI is InChI=1S/C8H9ClN2S/c9-6-4-7(10)8(11-5-6)2-1-3-12/h1-2,4-5,12H,3,10H2. The highest BCUT2D eigenvalue weighted by Gasteiger charge is 1.96. The SMILES string of the molecule is Nc1cc(Cl)cnc1C=CCS. The highest BCUT2D eigenvalue weighted by atomic mass is 35.5. The largest absolute Gasteiger partial charge is 0.397 e. The van der Waals surface area contributed by atoms with Crippen LogP contribution in [0.15, 0.2) is 18.3 Å². The minimum absolute atomic E-state index is 0.551. The van der Waals surface area contributed by atoms with E-state index in [4.69, 9.17) is 17.3 Å². The summed E-state index contributed by atoms with van der Waals surface area (Å²) in [5.74, 6) is 0.670. The van der Waals surface area contributed by atoms with Gasteiger partial charge in [0.1, 0.15) is 0 Å². The molecule has 0 unspecified atom stereocenters. The van der Waals surface area contributed by atoms with Crippen LogP contribution in [0.1, 0.15) is 5.69 Å². The van der Waals surface area contributed by atoms with E-state index in [-0.39, 0.29) is 0 Å². The third kappa shape index (κ3) is 2.43. The highest BCUT2D eigenvalue weighted by Crippen LogP contribution is 2.15. The molecule has 0 fully saturated rings. The molecule has 0 saturated carbocycles. The van der Waals surface area contributed by atoms with Crippen LogP contribution in [-0.4, -0.2) is 10.7 Å². The van der Waals surface area contributed by atoms with Crippen LogP contribution in [0.2, 0.25) is 5.02 Å². The van der Waals surface area contributed by atoms with Gasteiger partial charge in [-0.05, 0) is 12.1 Å². The first-order chi connectivity index (χ1) is 5.74. The minimum Gasteiger partial charge on any atom is -0.397 e. The molecule has 2 nitrogen and oxygen atoms in total. The zero-order valence-corrected chi connectivity index (χ0v) is 8.02. The number of anilines is 1. The van der Waals surface area contributed by atoms with Gasteiger partial charge < -0.3 is 5.73 Å². The molecule has 64 valence electrons. The summed E-state index contributed by atoms with van der Waals surface area (Å²) < 4.78 is 0. The van der Waals surface area contributed by atoms with Crippen molar-refractivity contribution in [3.05, 3.63) is 29.1 Å². The molecule has 0 aliphatic rings. The number of nitrogens with zero attached hydrogens (tertiary/aromatic N) is 1. The van der Waals surface area contributed by atoms with E-state index in [0.717, 1.165) is 5.69 Å². The van der Waals surface area contributed by atoms with Crippen LogP contribution in [-0.2, 0) is 0 Å². The lowest BCUT2D eigenvalue weighted by Crippen LogP contribution is -1.91. The van der Waals surface area contributed by atoms with Crippen LogP contribution in [0.3, 0.4) is 0 Å². The maximum atomic E-state index is 5.67. The van der Waals surface area contributed by atoms with Crippen LogP contribution in [0.4, 0.5) is 5.69 Å². The van der Waals surface area contributed by atoms with E-state index in [9.17, 15) is 0 Å². The Morgan fingerprint density at radius 1 is 1.67 bits per heavy atom. The van der Waals surface area contributed by atoms with Crippen LogP contribution in [0.5, 0.6) is 0 Å². The number of rotatable bonds is 2. The third-order valence-electron chi connectivity index (χ3n) is 1.30. The zero-order valence-electron chi connectivity index (χ0n) is 6.37. The monoisotopic (exact) mass is 200 g/mol. The minimum atomic E-state index is 0.551. The Bertz CT molecular complexity index is 299. The number of thiol groups is 1. The number of aromatic nitrogens is 1. The summed E-state index contributed by atoms with van der Waals surface area (Å²) in [6, 6.07) is 1.67. The van der Waals surface area contributed by atoms with Crippen molar-refractivity contribution < 1.29 is 0 Å². The van der Waals surface area contributed by atoms with Gasteiger partial charge in [0, 0.05) is 11.9 Å². The van der Waals surface area contributed by atoms with Gasteiger partial charge in [0.25, 0.3) is 0 Å². The lowest BCUT2D eigenvalue weighted by molar-refractivity contribution is 1.30. The van der Waals surface area contributed by atoms with Crippen LogP contribution < -0.4 is 5.73 Å². The topological polar surface area (TPSA) is 38.9 Å². The third-order valence-corrected chi connectivity index (χ3v) is 1.71. The average Bonchev–Trinajstić information content (AvgIpc) is 2.03. The molecule has 0 aliphatic carbocycles. The number of nitrogen functional groups attached to an aromatic ring is 1. The molecule has 1 rings (SSSR count). The fourth-order valence-electron chi connectivity index (χ4n) is 0.769. The molecule has 0 amide bonds. The van der Waals surface area contributed by atoms with Gasteiger partial charge in [-0.15, -0.1) is 0 Å². The summed E-state index contributed by atoms with van der Waals surface area (Å²) in [5.41, 5.74) is 6.95. The number of nitrogens with two attached hydrogens (primary N) is 1. The molecule has 1 heterocycles. The van der Waals surface area contributed by atoms with Gasteiger partial charge in [-0.1, -0.05) is 17.7 Å². The van der Waals surface area contributed by atoms with Gasteiger partial charge in [-0.25, -0.2) is 0 Å². The van der Waals surface area contributed by atoms with Gasteiger partial charge in [0.15, 0.2) is 0 Å². The lowest BCUT2D eigenvalue weighted by Gasteiger charge is -1.98. The van der Waals surface area contributed by atoms with Crippen molar-refractivity contribution in [1.29, 1.82) is 0 Å². The number of hydrogen-bond donors (Lipinski definition) is 2. The van der Waals surface area contributed by atoms with Crippen molar-refractivity contribution in [3.8, 4) is 0 Å². The molecule has 0 saturated heterocycles. The Morgan fingerprint density at radius 2 is 2.42 bits per heavy atom. The van der Waals surface area contributed by atoms with Crippen molar-refractivity contribution in [3.63, 3.8) is 0 Å². The number of pyridine rings is 1. The molecule has 0 atom stereocenters. The van der Waals surface area contributed by atoms with E-state index < -0.39 is 0 Å². The molecule has 0 radical (unpaired) electrons. The van der Waals surface area contributed by atoms with Gasteiger partial charge in [-0.2, -0.15) is 12.6 Å². The Hall–Kier alpha value is -0.670. The second-order valence-corrected chi connectivity index (χ2v) is 3.01. The number of hydrogen-bond acceptors (Lipinski definition) is 3. The molecule has 12 heavy (non-hydrogen) atoms. The van der Waals surface area contributed by atoms with Gasteiger partial charge >= 0.3 is 0 Å². The first-order valence-corrected chi connectivity index (χ1v) is 4.43. The average molecular weight is 201 g/mol. The van der Waals surface area contributed by atoms with Crippen LogP contribution in [0.25, 0.3) is 6.08 Å². The summed E-state index contributed by atoms with van der Waals surface area (Å²) >= 11 is 9.69. The molecule has 0 bridgehead atoms. The molecular weight excluding hydrogens is 192 g/mol. The normalized spacial score (nSPS) is 10.8. The molecule has 0 aliphatic heterocycles. The maximum absolute atomic E-state index is 5.67. The second-order valence-electron chi connectivity index (χ2n) is 2.21. The van der Waals surface area contributed by atoms with E-state index in [1.807, 2.05) is 12.2 Å². The van der Waals surface area contributed by atoms with Crippen molar-refractivity contribution in [2.24, 2.45) is 0 Å². The Morgan fingerprint density at radius 3 is 3.00 bits per heavy atom. The fourth-order valence-corrected chi connectivity index (χ4v) is 1.04. The summed E-state index contributed by atoms with van der Waals surface area (Å²) in [4.78, 5) is 4.04. The Labute approximate surface area is 81.9 Å². The summed E-state index contributed by atoms with van der Waals surface area (Å²) in [6.45, 7) is 0. The van der Waals surface area contributed by atoms with E-state index in [2.05, 4.69) is 17.6 Å². The Kier molecular flexibility index (Phi) is 3.44. The molecule has 0 spiro atoms. The first kappa shape index (κ1) is 9.42. The van der Waals surface area contributed by atoms with Crippen molar-refractivity contribution in [2.45, 2.75) is 0 Å². The summed E-state index contributed by atoms with van der Waals surface area (Å²) in [5, 5.41) is 0.551. The van der Waals surface area contributed by atoms with Crippen molar-refractivity contribution >= 4 is 36.0 Å². The second kappa shape index (κ2) is 4.38. The van der Waals surface area contributed by atoms with E-state index in [1.165, 1.54) is 0 Å². The lowest BCUT2D eigenvalue weighted by atomic mass is 10.3. The molecular formula is C8H9ClN2S. The summed E-state index contributed by atoms with van der Waals surface area (Å²) in [7, 11) is 0. The fraction of sp³-hybridized carbons (Fsp3) is 0.125. The molecule has 2 N–H and O–H groups in total. The molecule has 1 aromatic heterocycles. The number of halogens is 1. The molecule has 4 heteroatoms. The zero-order chi connectivity index (χ0) is 8.97. The van der Waals surface area contributed by atoms with Crippen LogP contribution in [0, 0.1) is 0 Å². The molecule has 1 aromatic rings. The quantitative estimate of drug-likeness (QED) is 0.719. The van der Waals surface area contributed by atoms with Gasteiger partial charge in [0.05, 0.1) is 16.4 Å². The first-order valence-electron chi connectivity index (χ1n) is 3.42.